The maximum atomic E-state index is 11.8. The first-order chi connectivity index (χ1) is 13.1. The van der Waals surface area contributed by atoms with Gasteiger partial charge in [0.15, 0.2) is 5.79 Å². The lowest BCUT2D eigenvalue weighted by atomic mass is 10.3. The lowest BCUT2D eigenvalue weighted by molar-refractivity contribution is -0.386. The quantitative estimate of drug-likeness (QED) is 0.598. The molecule has 1 aliphatic rings. The van der Waals surface area contributed by atoms with Crippen LogP contribution in [0.15, 0.2) is 46.2 Å². The summed E-state index contributed by atoms with van der Waals surface area (Å²) in [4.78, 5) is 43.8. The van der Waals surface area contributed by atoms with Gasteiger partial charge < -0.3 is 19.0 Å². The van der Waals surface area contributed by atoms with Crippen LogP contribution in [0.5, 0.6) is 0 Å². The van der Waals surface area contributed by atoms with Crippen molar-refractivity contribution in [2.75, 3.05) is 6.61 Å². The van der Waals surface area contributed by atoms with E-state index in [9.17, 15) is 29.8 Å². The molecule has 0 unspecified atom stereocenters. The summed E-state index contributed by atoms with van der Waals surface area (Å²) in [7, 11) is 0. The highest BCUT2D eigenvalue weighted by molar-refractivity contribution is 5.25. The molecule has 3 heterocycles. The van der Waals surface area contributed by atoms with Crippen molar-refractivity contribution in [2.45, 2.75) is 32.3 Å². The molecule has 0 radical (unpaired) electrons. The molecule has 3 rings (SSSR count). The molecule has 2 aromatic rings. The SMILES string of the molecule is CC1(C)OC[C@@H](Cn2cccc([N+](=O)[O-])c2=O)O1.O=c1[nH]cccc1[N+](=O)[O-]. The first kappa shape index (κ1) is 20.9. The van der Waals surface area contributed by atoms with E-state index < -0.39 is 38.1 Å². The number of hydrogen-bond donors (Lipinski definition) is 1. The zero-order chi connectivity index (χ0) is 20.9. The van der Waals surface area contributed by atoms with Crippen LogP contribution in [-0.2, 0) is 16.0 Å². The second kappa shape index (κ2) is 8.54. The minimum Gasteiger partial charge on any atom is -0.348 e. The fourth-order valence-corrected chi connectivity index (χ4v) is 2.44. The fourth-order valence-electron chi connectivity index (χ4n) is 2.44. The summed E-state index contributed by atoms with van der Waals surface area (Å²) in [6, 6.07) is 5.22. The van der Waals surface area contributed by atoms with Crippen molar-refractivity contribution in [1.29, 1.82) is 0 Å². The predicted octanol–water partition coefficient (Wildman–Crippen LogP) is 1.19. The molecule has 12 heteroatoms. The Kier molecular flexibility index (Phi) is 6.38. The molecular weight excluding hydrogens is 376 g/mol. The molecule has 0 spiro atoms. The van der Waals surface area contributed by atoms with E-state index in [1.807, 2.05) is 0 Å². The largest absolute Gasteiger partial charge is 0.348 e. The maximum absolute atomic E-state index is 11.8. The van der Waals surface area contributed by atoms with E-state index in [-0.39, 0.29) is 12.6 Å². The molecule has 0 saturated carbocycles. The summed E-state index contributed by atoms with van der Waals surface area (Å²) in [6.07, 6.45) is 2.57. The van der Waals surface area contributed by atoms with Crippen LogP contribution in [0.25, 0.3) is 0 Å². The van der Waals surface area contributed by atoms with Crippen LogP contribution in [0.4, 0.5) is 11.4 Å². The molecule has 0 amide bonds. The summed E-state index contributed by atoms with van der Waals surface area (Å²) in [5.74, 6) is -0.672. The minimum absolute atomic E-state index is 0.240. The molecule has 0 aliphatic carbocycles. The van der Waals surface area contributed by atoms with E-state index in [0.29, 0.717) is 6.61 Å². The van der Waals surface area contributed by atoms with Crippen LogP contribution < -0.4 is 11.1 Å². The highest BCUT2D eigenvalue weighted by Crippen LogP contribution is 2.22. The van der Waals surface area contributed by atoms with Gasteiger partial charge in [-0.15, -0.1) is 0 Å². The Morgan fingerprint density at radius 2 is 1.82 bits per heavy atom. The van der Waals surface area contributed by atoms with Gasteiger partial charge >= 0.3 is 22.5 Å². The van der Waals surface area contributed by atoms with Crippen LogP contribution in [0.3, 0.4) is 0 Å². The second-order valence-electron chi connectivity index (χ2n) is 6.20. The Balaban J connectivity index is 0.000000237. The number of nitro groups is 2. The van der Waals surface area contributed by atoms with Crippen LogP contribution in [0.1, 0.15) is 13.8 Å². The molecule has 1 saturated heterocycles. The summed E-state index contributed by atoms with van der Waals surface area (Å²) >= 11 is 0. The lowest BCUT2D eigenvalue weighted by Crippen LogP contribution is -2.30. The third kappa shape index (κ3) is 5.31. The number of aromatic nitrogens is 2. The number of rotatable bonds is 4. The minimum atomic E-state index is -0.723. The third-order valence-electron chi connectivity index (χ3n) is 3.66. The van der Waals surface area contributed by atoms with Gasteiger partial charge in [-0.2, -0.15) is 0 Å². The Hall–Kier alpha value is -3.38. The van der Waals surface area contributed by atoms with Crippen molar-refractivity contribution in [3.63, 3.8) is 0 Å². The van der Waals surface area contributed by atoms with E-state index >= 15 is 0 Å². The Labute approximate surface area is 157 Å². The first-order valence-electron chi connectivity index (χ1n) is 8.08. The normalized spacial score (nSPS) is 17.4. The van der Waals surface area contributed by atoms with Gasteiger partial charge in [0.2, 0.25) is 0 Å². The Bertz CT molecular complexity index is 981. The monoisotopic (exact) mass is 394 g/mol. The molecule has 12 nitrogen and oxygen atoms in total. The maximum Gasteiger partial charge on any atom is 0.334 e. The smallest absolute Gasteiger partial charge is 0.334 e. The molecule has 150 valence electrons. The summed E-state index contributed by atoms with van der Waals surface area (Å²) < 4.78 is 12.2. The predicted molar refractivity (Wildman–Crippen MR) is 96.0 cm³/mol. The van der Waals surface area contributed by atoms with Gasteiger partial charge in [0, 0.05) is 24.5 Å². The van der Waals surface area contributed by atoms with Gasteiger partial charge in [0.1, 0.15) is 6.10 Å². The number of pyridine rings is 2. The molecule has 1 fully saturated rings. The fraction of sp³-hybridized carbons (Fsp3) is 0.375. The molecule has 0 aromatic carbocycles. The van der Waals surface area contributed by atoms with Gasteiger partial charge in [-0.3, -0.25) is 29.8 Å². The topological polar surface area (TPSA) is 160 Å². The average Bonchev–Trinajstić information content (AvgIpc) is 2.96. The van der Waals surface area contributed by atoms with Crippen molar-refractivity contribution >= 4 is 11.4 Å². The summed E-state index contributed by atoms with van der Waals surface area (Å²) in [5.41, 5.74) is -2.17. The van der Waals surface area contributed by atoms with Gasteiger partial charge in [0.05, 0.1) is 23.0 Å². The van der Waals surface area contributed by atoms with Crippen LogP contribution in [0.2, 0.25) is 0 Å². The molecule has 28 heavy (non-hydrogen) atoms. The number of nitrogens with one attached hydrogen (secondary N) is 1. The number of hydrogen-bond acceptors (Lipinski definition) is 8. The van der Waals surface area contributed by atoms with Crippen LogP contribution in [-0.4, -0.2) is 37.9 Å². The van der Waals surface area contributed by atoms with E-state index in [0.717, 1.165) is 6.07 Å². The highest BCUT2D eigenvalue weighted by Gasteiger charge is 2.33. The molecule has 2 aromatic heterocycles. The highest BCUT2D eigenvalue weighted by atomic mass is 16.7. The third-order valence-corrected chi connectivity index (χ3v) is 3.66. The zero-order valence-electron chi connectivity index (χ0n) is 15.1. The van der Waals surface area contributed by atoms with Crippen LogP contribution in [0, 0.1) is 20.2 Å². The van der Waals surface area contributed by atoms with Crippen molar-refractivity contribution in [2.24, 2.45) is 0 Å². The average molecular weight is 394 g/mol. The van der Waals surface area contributed by atoms with Crippen molar-refractivity contribution < 1.29 is 19.3 Å². The lowest BCUT2D eigenvalue weighted by Gasteiger charge is -2.17. The van der Waals surface area contributed by atoms with Crippen LogP contribution >= 0.6 is 0 Å². The number of nitrogens with zero attached hydrogens (tertiary/aromatic N) is 3. The summed E-state index contributed by atoms with van der Waals surface area (Å²) in [6.45, 7) is 4.17. The summed E-state index contributed by atoms with van der Waals surface area (Å²) in [5, 5.41) is 20.7. The number of aromatic amines is 1. The second-order valence-corrected chi connectivity index (χ2v) is 6.20. The van der Waals surface area contributed by atoms with Crippen molar-refractivity contribution in [1.82, 2.24) is 9.55 Å². The zero-order valence-corrected chi connectivity index (χ0v) is 15.1. The van der Waals surface area contributed by atoms with E-state index in [1.54, 1.807) is 13.8 Å². The number of H-pyrrole nitrogens is 1. The molecule has 1 aliphatic heterocycles. The van der Waals surface area contributed by atoms with Crippen molar-refractivity contribution in [3.8, 4) is 0 Å². The van der Waals surface area contributed by atoms with E-state index in [1.165, 1.54) is 35.2 Å². The Morgan fingerprint density at radius 1 is 1.18 bits per heavy atom. The van der Waals surface area contributed by atoms with Gasteiger partial charge in [-0.05, 0) is 26.0 Å². The van der Waals surface area contributed by atoms with E-state index in [2.05, 4.69) is 4.98 Å². The molecule has 1 N–H and O–H groups in total. The van der Waals surface area contributed by atoms with E-state index in [4.69, 9.17) is 9.47 Å². The Morgan fingerprint density at radius 3 is 2.32 bits per heavy atom. The van der Waals surface area contributed by atoms with Gasteiger partial charge in [0.25, 0.3) is 0 Å². The van der Waals surface area contributed by atoms with Gasteiger partial charge in [-0.1, -0.05) is 0 Å². The standard InChI is InChI=1S/C11H14N2O5.C5H4N2O3/c1-11(2)17-7-8(18-11)6-12-5-3-4-9(10(12)14)13(15)16;8-5-4(7(9)10)2-1-3-6-5/h3-5,8H,6-7H2,1-2H3;1-3H,(H,6,8)/t8-;/m1./s1. The molecular formula is C16H18N4O8. The van der Waals surface area contributed by atoms with Gasteiger partial charge in [-0.25, -0.2) is 0 Å². The number of ether oxygens (including phenoxy) is 2. The molecule has 1 atom stereocenters. The first-order valence-corrected chi connectivity index (χ1v) is 8.08. The molecule has 0 bridgehead atoms. The van der Waals surface area contributed by atoms with Crippen molar-refractivity contribution in [3.05, 3.63) is 77.6 Å².